The van der Waals surface area contributed by atoms with Crippen LogP contribution in [0.1, 0.15) is 48.3 Å². The number of imide groups is 2. The summed E-state index contributed by atoms with van der Waals surface area (Å²) < 4.78 is 0. The van der Waals surface area contributed by atoms with Crippen LogP contribution >= 0.6 is 11.6 Å². The fourth-order valence-corrected chi connectivity index (χ4v) is 11.4. The molecule has 0 radical (unpaired) electrons. The van der Waals surface area contributed by atoms with E-state index in [1.54, 1.807) is 35.2 Å². The van der Waals surface area contributed by atoms with Crippen LogP contribution in [0.5, 0.6) is 5.75 Å². The molecule has 286 valence electrons. The fraction of sp³-hybridized carbons (Fsp3) is 0.292. The van der Waals surface area contributed by atoms with Crippen LogP contribution in [0.15, 0.2) is 133 Å². The molecule has 3 saturated heterocycles. The molecular formula is C48H42ClN3O5. The van der Waals surface area contributed by atoms with E-state index >= 15 is 9.59 Å². The maximum Gasteiger partial charge on any atom is 0.246 e. The lowest BCUT2D eigenvalue weighted by Gasteiger charge is -2.51. The number of amides is 4. The number of hydrogen-bond acceptors (Lipinski definition) is 6. The molecule has 5 aromatic rings. The smallest absolute Gasteiger partial charge is 0.246 e. The minimum Gasteiger partial charge on any atom is -0.507 e. The Bertz CT molecular complexity index is 2480. The van der Waals surface area contributed by atoms with Gasteiger partial charge in [-0.2, -0.15) is 0 Å². The third-order valence-electron chi connectivity index (χ3n) is 13.6. The molecule has 5 aliphatic rings. The largest absolute Gasteiger partial charge is 0.507 e. The van der Waals surface area contributed by atoms with Crippen molar-refractivity contribution < 1.29 is 24.3 Å². The van der Waals surface area contributed by atoms with Crippen molar-refractivity contribution in [3.63, 3.8) is 0 Å². The number of rotatable bonds is 6. The molecule has 1 N–H and O–H groups in total. The van der Waals surface area contributed by atoms with Gasteiger partial charge in [0.2, 0.25) is 23.6 Å². The maximum atomic E-state index is 15.6. The second-order valence-electron chi connectivity index (χ2n) is 16.4. The van der Waals surface area contributed by atoms with E-state index < -0.39 is 35.0 Å². The SMILES string of the molecule is O=C1[C@@H]2C[C@@H]3C(=CC[C@@H]4C(=O)N(C5CCN(Cc6ccccc6)CC5)C(=O)[C@@H]43)[C@H](c3ccc(O)c4ccccc34)[C@]2(c2ccccc2)C(=O)N1c1cccc(Cl)c1. The highest BCUT2D eigenvalue weighted by Crippen LogP contribution is 2.65. The predicted octanol–water partition coefficient (Wildman–Crippen LogP) is 8.03. The first-order valence-corrected chi connectivity index (χ1v) is 20.4. The number of aromatic hydroxyl groups is 1. The summed E-state index contributed by atoms with van der Waals surface area (Å²) >= 11 is 6.48. The first-order chi connectivity index (χ1) is 27.8. The van der Waals surface area contributed by atoms with Gasteiger partial charge in [-0.05, 0) is 77.9 Å². The molecule has 2 aliphatic carbocycles. The van der Waals surface area contributed by atoms with Crippen molar-refractivity contribution in [2.45, 2.75) is 49.6 Å². The van der Waals surface area contributed by atoms with E-state index in [-0.39, 0.29) is 41.8 Å². The van der Waals surface area contributed by atoms with Crippen molar-refractivity contribution in [1.82, 2.24) is 9.80 Å². The lowest BCUT2D eigenvalue weighted by molar-refractivity contribution is -0.144. The van der Waals surface area contributed by atoms with Crippen LogP contribution < -0.4 is 4.90 Å². The maximum absolute atomic E-state index is 15.6. The number of benzene rings is 5. The molecule has 8 nitrogen and oxygen atoms in total. The summed E-state index contributed by atoms with van der Waals surface area (Å²) in [5, 5.41) is 12.9. The van der Waals surface area contributed by atoms with Crippen LogP contribution in [0.3, 0.4) is 0 Å². The summed E-state index contributed by atoms with van der Waals surface area (Å²) in [4.78, 5) is 65.5. The van der Waals surface area contributed by atoms with Gasteiger partial charge in [0.1, 0.15) is 5.75 Å². The molecule has 4 amide bonds. The van der Waals surface area contributed by atoms with Crippen molar-refractivity contribution in [2.24, 2.45) is 23.7 Å². The molecule has 9 heteroatoms. The molecule has 5 aromatic carbocycles. The Balaban J connectivity index is 1.09. The number of likely N-dealkylation sites (tertiary alicyclic amines) is 2. The van der Waals surface area contributed by atoms with Gasteiger partial charge < -0.3 is 5.11 Å². The summed E-state index contributed by atoms with van der Waals surface area (Å²) in [5.41, 5.74) is 2.64. The van der Waals surface area contributed by atoms with E-state index in [1.165, 1.54) is 10.5 Å². The van der Waals surface area contributed by atoms with Crippen LogP contribution in [-0.4, -0.2) is 57.7 Å². The van der Waals surface area contributed by atoms with Gasteiger partial charge in [0.05, 0.1) is 28.9 Å². The first kappa shape index (κ1) is 35.8. The van der Waals surface area contributed by atoms with Crippen molar-refractivity contribution in [3.05, 3.63) is 155 Å². The van der Waals surface area contributed by atoms with E-state index in [2.05, 4.69) is 23.1 Å². The van der Waals surface area contributed by atoms with Crippen molar-refractivity contribution >= 4 is 51.7 Å². The molecule has 3 heterocycles. The lowest BCUT2D eigenvalue weighted by Crippen LogP contribution is -2.53. The first-order valence-electron chi connectivity index (χ1n) is 20.0. The third kappa shape index (κ3) is 5.44. The second-order valence-corrected chi connectivity index (χ2v) is 16.8. The number of carbonyl (C=O) groups is 4. The number of phenols is 1. The van der Waals surface area contributed by atoms with E-state index in [9.17, 15) is 14.7 Å². The van der Waals surface area contributed by atoms with Gasteiger partial charge >= 0.3 is 0 Å². The highest BCUT2D eigenvalue weighted by Gasteiger charge is 2.70. The van der Waals surface area contributed by atoms with E-state index in [0.29, 0.717) is 40.9 Å². The van der Waals surface area contributed by atoms with Crippen LogP contribution in [0.25, 0.3) is 10.8 Å². The number of hydrogen-bond donors (Lipinski definition) is 1. The van der Waals surface area contributed by atoms with E-state index in [4.69, 9.17) is 11.6 Å². The minimum absolute atomic E-state index is 0.112. The zero-order chi connectivity index (χ0) is 39.0. The number of piperidine rings is 1. The average Bonchev–Trinajstić information content (AvgIpc) is 3.63. The van der Waals surface area contributed by atoms with E-state index in [1.807, 2.05) is 78.9 Å². The van der Waals surface area contributed by atoms with Crippen molar-refractivity contribution in [2.75, 3.05) is 18.0 Å². The topological polar surface area (TPSA) is 98.2 Å². The summed E-state index contributed by atoms with van der Waals surface area (Å²) in [6.45, 7) is 2.39. The summed E-state index contributed by atoms with van der Waals surface area (Å²) in [5.74, 6) is -4.06. The fourth-order valence-electron chi connectivity index (χ4n) is 11.2. The van der Waals surface area contributed by atoms with Gasteiger partial charge in [0.15, 0.2) is 0 Å². The number of fused-ring (bicyclic) bond motifs is 5. The number of allylic oxidation sites excluding steroid dienone is 2. The molecule has 0 bridgehead atoms. The molecule has 6 atom stereocenters. The number of halogens is 1. The number of nitrogens with zero attached hydrogens (tertiary/aromatic N) is 3. The van der Waals surface area contributed by atoms with Crippen LogP contribution in [0.4, 0.5) is 5.69 Å². The number of carbonyl (C=O) groups excluding carboxylic acids is 4. The van der Waals surface area contributed by atoms with Crippen molar-refractivity contribution in [1.29, 1.82) is 0 Å². The predicted molar refractivity (Wildman–Crippen MR) is 218 cm³/mol. The quantitative estimate of drug-likeness (QED) is 0.139. The van der Waals surface area contributed by atoms with Crippen molar-refractivity contribution in [3.8, 4) is 5.75 Å². The van der Waals surface area contributed by atoms with Gasteiger partial charge in [-0.1, -0.05) is 120 Å². The molecule has 0 unspecified atom stereocenters. The van der Waals surface area contributed by atoms with Gasteiger partial charge in [0, 0.05) is 42.0 Å². The second kappa shape index (κ2) is 13.8. The number of anilines is 1. The monoisotopic (exact) mass is 775 g/mol. The average molecular weight is 776 g/mol. The molecule has 10 rings (SSSR count). The highest BCUT2D eigenvalue weighted by molar-refractivity contribution is 6.32. The molecule has 0 spiro atoms. The van der Waals surface area contributed by atoms with Crippen LogP contribution in [0, 0.1) is 23.7 Å². The van der Waals surface area contributed by atoms with Gasteiger partial charge in [-0.25, -0.2) is 4.90 Å². The summed E-state index contributed by atoms with van der Waals surface area (Å²) in [7, 11) is 0. The Morgan fingerprint density at radius 3 is 2.16 bits per heavy atom. The lowest BCUT2D eigenvalue weighted by atomic mass is 9.49. The van der Waals surface area contributed by atoms with Gasteiger partial charge in [0.25, 0.3) is 0 Å². The highest BCUT2D eigenvalue weighted by atomic mass is 35.5. The zero-order valence-electron chi connectivity index (χ0n) is 31.3. The van der Waals surface area contributed by atoms with Crippen LogP contribution in [0.2, 0.25) is 5.02 Å². The Labute approximate surface area is 336 Å². The van der Waals surface area contributed by atoms with Crippen LogP contribution in [-0.2, 0) is 31.1 Å². The Morgan fingerprint density at radius 2 is 1.42 bits per heavy atom. The molecule has 57 heavy (non-hydrogen) atoms. The van der Waals surface area contributed by atoms with Gasteiger partial charge in [-0.3, -0.25) is 29.0 Å². The Kier molecular flexibility index (Phi) is 8.68. The summed E-state index contributed by atoms with van der Waals surface area (Å²) in [6, 6.07) is 37.6. The van der Waals surface area contributed by atoms with Gasteiger partial charge in [-0.15, -0.1) is 0 Å². The normalized spacial score (nSPS) is 27.7. The molecule has 0 aromatic heterocycles. The minimum atomic E-state index is -1.40. The molecule has 1 saturated carbocycles. The zero-order valence-corrected chi connectivity index (χ0v) is 32.1. The number of phenolic OH excluding ortho intramolecular Hbond substituents is 1. The summed E-state index contributed by atoms with van der Waals surface area (Å²) in [6.07, 6.45) is 4.12. The standard InChI is InChI=1S/C48H42ClN3O5/c49-31-14-9-15-33(26-31)52-45(55)40-27-39-37(18-19-38-42(39)46(56)51(44(38)54)32-22-24-50(25-23-32)28-29-10-3-1-4-11-29)43(48(40,47(52)57)30-12-5-2-6-13-30)36-20-21-41(53)35-17-8-7-16-34(35)36/h1-18,20-21,26,32,38-40,42-43,53H,19,22-25,27-28H2/t38-,39+,40-,42-,43-,48+/m0/s1. The Hall–Kier alpha value is -5.57. The molecular weight excluding hydrogens is 734 g/mol. The Morgan fingerprint density at radius 1 is 0.719 bits per heavy atom. The van der Waals surface area contributed by atoms with E-state index in [0.717, 1.165) is 36.2 Å². The molecule has 4 fully saturated rings. The molecule has 3 aliphatic heterocycles. The third-order valence-corrected chi connectivity index (χ3v) is 13.9.